The molecule has 4 rings (SSSR count). The average Bonchev–Trinajstić information content (AvgIpc) is 3.47. The number of aliphatic carboxylic acids is 2. The summed E-state index contributed by atoms with van der Waals surface area (Å²) in [5.74, 6) is -3.55. The lowest BCUT2D eigenvalue weighted by atomic mass is 10.0. The smallest absolute Gasteiger partial charge is 0.352 e. The third-order valence-corrected chi connectivity index (χ3v) is 8.46. The average molecular weight is 584 g/mol. The molecule has 5 N–H and O–H groups in total. The first-order valence-corrected chi connectivity index (χ1v) is 13.6. The van der Waals surface area contributed by atoms with Crippen LogP contribution < -0.4 is 11.1 Å². The molecular weight excluding hydrogens is 562 g/mol. The van der Waals surface area contributed by atoms with Gasteiger partial charge in [0.25, 0.3) is 11.8 Å². The van der Waals surface area contributed by atoms with E-state index >= 15 is 0 Å². The predicted octanol–water partition coefficient (Wildman–Crippen LogP) is -0.636. The number of fused-ring (bicyclic) bond motifs is 1. The summed E-state index contributed by atoms with van der Waals surface area (Å²) in [6.45, 7) is 2.48. The second-order valence-corrected chi connectivity index (χ2v) is 11.3. The molecule has 0 spiro atoms. The van der Waals surface area contributed by atoms with E-state index in [0.29, 0.717) is 16.5 Å². The number of carboxylic acids is 2. The second-order valence-electron chi connectivity index (χ2n) is 8.41. The zero-order chi connectivity index (χ0) is 27.8. The van der Waals surface area contributed by atoms with Gasteiger partial charge in [-0.15, -0.1) is 28.2 Å². The number of amides is 2. The van der Waals surface area contributed by atoms with E-state index < -0.39 is 40.8 Å². The van der Waals surface area contributed by atoms with Crippen LogP contribution in [0.15, 0.2) is 27.0 Å². The molecule has 2 atom stereocenters. The van der Waals surface area contributed by atoms with Gasteiger partial charge < -0.3 is 26.1 Å². The van der Waals surface area contributed by atoms with Crippen molar-refractivity contribution in [3.8, 4) is 0 Å². The third kappa shape index (κ3) is 5.29. The van der Waals surface area contributed by atoms with Gasteiger partial charge in [0.1, 0.15) is 22.8 Å². The fraction of sp³-hybridized carbons (Fsp3) is 0.421. The van der Waals surface area contributed by atoms with Gasteiger partial charge in [-0.2, -0.15) is 0 Å². The van der Waals surface area contributed by atoms with Gasteiger partial charge in [0, 0.05) is 23.9 Å². The highest BCUT2D eigenvalue weighted by Crippen LogP contribution is 2.41. The fourth-order valence-electron chi connectivity index (χ4n) is 3.30. The molecule has 0 aromatic carbocycles. The highest BCUT2D eigenvalue weighted by molar-refractivity contribution is 8.01. The Morgan fingerprint density at radius 3 is 2.68 bits per heavy atom. The molecule has 38 heavy (non-hydrogen) atoms. The third-order valence-electron chi connectivity index (χ3n) is 5.35. The number of nitrogens with one attached hydrogen (secondary N) is 1. The Balaban J connectivity index is 1.52. The van der Waals surface area contributed by atoms with Crippen LogP contribution in [0.1, 0.15) is 19.5 Å². The van der Waals surface area contributed by atoms with E-state index in [2.05, 4.69) is 31.0 Å². The number of nitrogens with two attached hydrogens (primary N) is 1. The molecule has 16 nitrogen and oxygen atoms in total. The molecule has 2 aromatic rings. The Kier molecular flexibility index (Phi) is 7.61. The van der Waals surface area contributed by atoms with Crippen molar-refractivity contribution >= 4 is 69.5 Å². The number of carboxylic acid groups (broad SMARTS) is 2. The van der Waals surface area contributed by atoms with E-state index in [4.69, 9.17) is 10.6 Å². The molecule has 202 valence electrons. The molecule has 0 saturated carbocycles. The van der Waals surface area contributed by atoms with Gasteiger partial charge in [-0.25, -0.2) is 19.3 Å². The first kappa shape index (κ1) is 27.3. The number of tetrazole rings is 1. The van der Waals surface area contributed by atoms with Crippen molar-refractivity contribution in [2.24, 2.45) is 12.2 Å². The van der Waals surface area contributed by atoms with Crippen molar-refractivity contribution in [1.82, 2.24) is 35.4 Å². The number of aromatic nitrogens is 5. The lowest BCUT2D eigenvalue weighted by Crippen LogP contribution is -2.71. The monoisotopic (exact) mass is 583 g/mol. The SMILES string of the molecule is Cn1nnnc1SCC1=C(C(=O)O)N2C(=O)[C@@H](NC(=O)/C(=N\OC(C)(C)C(=O)O)c3csc(N)n3)[C@H]2SC1. The zero-order valence-corrected chi connectivity index (χ0v) is 22.5. The Hall–Kier alpha value is -3.71. The summed E-state index contributed by atoms with van der Waals surface area (Å²) in [4.78, 5) is 59.8. The van der Waals surface area contributed by atoms with Gasteiger partial charge in [-0.3, -0.25) is 14.5 Å². The quantitative estimate of drug-likeness (QED) is 0.118. The number of β-lactam (4-membered cyclic amide) rings is 1. The van der Waals surface area contributed by atoms with Crippen LogP contribution in [0.5, 0.6) is 0 Å². The summed E-state index contributed by atoms with van der Waals surface area (Å²) >= 11 is 3.54. The molecule has 0 aliphatic carbocycles. The molecule has 2 aliphatic heterocycles. The normalized spacial score (nSPS) is 19.6. The molecule has 0 bridgehead atoms. The number of nitrogens with zero attached hydrogens (tertiary/aromatic N) is 7. The summed E-state index contributed by atoms with van der Waals surface area (Å²) < 4.78 is 1.45. The van der Waals surface area contributed by atoms with Crippen LogP contribution >= 0.6 is 34.9 Å². The summed E-state index contributed by atoms with van der Waals surface area (Å²) in [6, 6.07) is -1.06. The van der Waals surface area contributed by atoms with Gasteiger partial charge >= 0.3 is 11.9 Å². The molecule has 0 radical (unpaired) electrons. The van der Waals surface area contributed by atoms with E-state index in [1.807, 2.05) is 0 Å². The molecule has 2 aromatic heterocycles. The van der Waals surface area contributed by atoms with Gasteiger partial charge in [-0.1, -0.05) is 16.9 Å². The van der Waals surface area contributed by atoms with Crippen LogP contribution in [0, 0.1) is 0 Å². The maximum absolute atomic E-state index is 13.1. The minimum atomic E-state index is -1.76. The number of carbonyl (C=O) groups is 4. The van der Waals surface area contributed by atoms with Crippen LogP contribution in [0.4, 0.5) is 5.13 Å². The predicted molar refractivity (Wildman–Crippen MR) is 135 cm³/mol. The Bertz CT molecular complexity index is 1370. The standard InChI is InChI=1S/C19H21N9O7S3/c1-19(2,16(33)34)35-24-9(8-6-37-17(20)21-8)12(29)22-10-13(30)28-11(15(31)32)7(4-36-14(10)28)5-38-18-23-25-26-27(18)3/h6,10,14H,4-5H2,1-3H3,(H2,20,21)(H,22,29)(H,31,32)(H,33,34)/b24-9-/t10-,14-/m1/s1. The Morgan fingerprint density at radius 2 is 2.11 bits per heavy atom. The first-order chi connectivity index (χ1) is 17.9. The van der Waals surface area contributed by atoms with Crippen LogP contribution in [0.3, 0.4) is 0 Å². The number of hydrogen-bond donors (Lipinski definition) is 4. The van der Waals surface area contributed by atoms with Crippen molar-refractivity contribution in [3.05, 3.63) is 22.3 Å². The molecule has 19 heteroatoms. The van der Waals surface area contributed by atoms with Crippen molar-refractivity contribution in [3.63, 3.8) is 0 Å². The maximum Gasteiger partial charge on any atom is 0.352 e. The number of rotatable bonds is 10. The summed E-state index contributed by atoms with van der Waals surface area (Å²) in [5.41, 5.74) is 3.90. The molecule has 4 heterocycles. The molecule has 0 unspecified atom stereocenters. The topological polar surface area (TPSA) is 228 Å². The van der Waals surface area contributed by atoms with Gasteiger partial charge in [0.2, 0.25) is 10.8 Å². The van der Waals surface area contributed by atoms with Crippen LogP contribution in [0.25, 0.3) is 0 Å². The molecule has 2 aliphatic rings. The van der Waals surface area contributed by atoms with Crippen molar-refractivity contribution in [2.45, 2.75) is 36.0 Å². The first-order valence-electron chi connectivity index (χ1n) is 10.7. The number of thioether (sulfide) groups is 2. The molecule has 1 saturated heterocycles. The molecular formula is C19H21N9O7S3. The van der Waals surface area contributed by atoms with E-state index in [-0.39, 0.29) is 28.0 Å². The van der Waals surface area contributed by atoms with Gasteiger partial charge in [0.15, 0.2) is 10.8 Å². The van der Waals surface area contributed by atoms with Crippen molar-refractivity contribution in [1.29, 1.82) is 0 Å². The molecule has 1 fully saturated rings. The van der Waals surface area contributed by atoms with Crippen LogP contribution in [0.2, 0.25) is 0 Å². The lowest BCUT2D eigenvalue weighted by Gasteiger charge is -2.49. The van der Waals surface area contributed by atoms with Gasteiger partial charge in [0.05, 0.1) is 0 Å². The van der Waals surface area contributed by atoms with Crippen LogP contribution in [-0.2, 0) is 31.1 Å². The van der Waals surface area contributed by atoms with E-state index in [9.17, 15) is 29.4 Å². The largest absolute Gasteiger partial charge is 0.478 e. The number of nitrogen functional groups attached to an aromatic ring is 1. The summed E-state index contributed by atoms with van der Waals surface area (Å²) in [6.07, 6.45) is 0. The second kappa shape index (κ2) is 10.6. The number of aryl methyl sites for hydroxylation is 1. The molecule has 2 amide bonds. The number of hydrogen-bond acceptors (Lipinski definition) is 14. The highest BCUT2D eigenvalue weighted by Gasteiger charge is 2.54. The van der Waals surface area contributed by atoms with E-state index in [1.165, 1.54) is 47.4 Å². The van der Waals surface area contributed by atoms with E-state index in [1.54, 1.807) is 7.05 Å². The Labute approximate surface area is 226 Å². The fourth-order valence-corrected chi connectivity index (χ4v) is 6.18. The summed E-state index contributed by atoms with van der Waals surface area (Å²) in [5, 5.41) is 37.9. The minimum absolute atomic E-state index is 0.0230. The van der Waals surface area contributed by atoms with E-state index in [0.717, 1.165) is 16.2 Å². The minimum Gasteiger partial charge on any atom is -0.478 e. The number of oxime groups is 1. The maximum atomic E-state index is 13.1. The summed E-state index contributed by atoms with van der Waals surface area (Å²) in [7, 11) is 1.65. The highest BCUT2D eigenvalue weighted by atomic mass is 32.2. The zero-order valence-electron chi connectivity index (χ0n) is 20.0. The van der Waals surface area contributed by atoms with Gasteiger partial charge in [-0.05, 0) is 29.8 Å². The van der Waals surface area contributed by atoms with Crippen LogP contribution in [-0.4, -0.2) is 98.3 Å². The number of thiazole rings is 1. The van der Waals surface area contributed by atoms with Crippen molar-refractivity contribution in [2.75, 3.05) is 17.2 Å². The Morgan fingerprint density at radius 1 is 1.37 bits per heavy atom. The van der Waals surface area contributed by atoms with Crippen molar-refractivity contribution < 1.29 is 34.2 Å². The number of carbonyl (C=O) groups excluding carboxylic acids is 2. The lowest BCUT2D eigenvalue weighted by molar-refractivity contribution is -0.161. The number of anilines is 1.